The zero-order valence-corrected chi connectivity index (χ0v) is 15.4. The lowest BCUT2D eigenvalue weighted by Crippen LogP contribution is -2.51. The fraction of sp³-hybridized carbons (Fsp3) is 0.533. The molecule has 2 aliphatic rings. The van der Waals surface area contributed by atoms with Gasteiger partial charge in [-0.05, 0) is 25.0 Å². The lowest BCUT2D eigenvalue weighted by molar-refractivity contribution is -0.122. The molecule has 1 aromatic carbocycles. The molecule has 1 heterocycles. The van der Waals surface area contributed by atoms with Crippen molar-refractivity contribution in [1.29, 1.82) is 0 Å². The van der Waals surface area contributed by atoms with Gasteiger partial charge in [-0.2, -0.15) is 4.31 Å². The van der Waals surface area contributed by atoms with Gasteiger partial charge in [0.15, 0.2) is 0 Å². The number of sulfonamides is 1. The summed E-state index contributed by atoms with van der Waals surface area (Å²) in [5, 5.41) is 3.20. The predicted molar refractivity (Wildman–Crippen MR) is 92.8 cm³/mol. The zero-order chi connectivity index (χ0) is 17.3. The third-order valence-electron chi connectivity index (χ3n) is 4.17. The Bertz CT molecular complexity index is 729. The van der Waals surface area contributed by atoms with Gasteiger partial charge >= 0.3 is 0 Å². The standard InChI is InChI=1S/C15H19Cl2N3O3S/c16-12-2-1-3-13(15(12)17)24(22,23)20-8-6-19(7-9-20)10-14(21)18-11-4-5-11/h1-3,11H,4-10H2,(H,18,21). The summed E-state index contributed by atoms with van der Waals surface area (Å²) < 4.78 is 26.8. The Balaban J connectivity index is 1.61. The fourth-order valence-corrected chi connectivity index (χ4v) is 4.81. The van der Waals surface area contributed by atoms with Gasteiger partial charge in [-0.1, -0.05) is 29.3 Å². The van der Waals surface area contributed by atoms with Crippen molar-refractivity contribution < 1.29 is 13.2 Å². The highest BCUT2D eigenvalue weighted by atomic mass is 35.5. The van der Waals surface area contributed by atoms with Crippen LogP contribution in [0.5, 0.6) is 0 Å². The van der Waals surface area contributed by atoms with E-state index in [-0.39, 0.29) is 20.8 Å². The molecule has 1 aromatic rings. The second-order valence-electron chi connectivity index (χ2n) is 6.07. The summed E-state index contributed by atoms with van der Waals surface area (Å²) in [6, 6.07) is 4.92. The molecular weight excluding hydrogens is 373 g/mol. The van der Waals surface area contributed by atoms with Crippen LogP contribution in [-0.2, 0) is 14.8 Å². The van der Waals surface area contributed by atoms with Crippen molar-refractivity contribution in [3.8, 4) is 0 Å². The van der Waals surface area contributed by atoms with Crippen molar-refractivity contribution in [2.45, 2.75) is 23.8 Å². The first-order valence-corrected chi connectivity index (χ1v) is 10.0. The van der Waals surface area contributed by atoms with Crippen molar-refractivity contribution in [1.82, 2.24) is 14.5 Å². The van der Waals surface area contributed by atoms with Gasteiger partial charge in [0.05, 0.1) is 16.6 Å². The number of amides is 1. The Morgan fingerprint density at radius 1 is 1.17 bits per heavy atom. The number of piperazine rings is 1. The summed E-state index contributed by atoms with van der Waals surface area (Å²) >= 11 is 12.0. The number of hydrogen-bond acceptors (Lipinski definition) is 4. The molecule has 1 saturated carbocycles. The number of carbonyl (C=O) groups is 1. The van der Waals surface area contributed by atoms with Crippen molar-refractivity contribution in [3.05, 3.63) is 28.2 Å². The molecule has 0 bridgehead atoms. The molecule has 24 heavy (non-hydrogen) atoms. The summed E-state index contributed by atoms with van der Waals surface area (Å²) in [5.41, 5.74) is 0. The molecule has 1 amide bonds. The van der Waals surface area contributed by atoms with Gasteiger partial charge in [0.25, 0.3) is 0 Å². The molecule has 0 aromatic heterocycles. The van der Waals surface area contributed by atoms with Crippen LogP contribution < -0.4 is 5.32 Å². The maximum absolute atomic E-state index is 12.7. The number of carbonyl (C=O) groups excluding carboxylic acids is 1. The molecule has 1 saturated heterocycles. The SMILES string of the molecule is O=C(CN1CCN(S(=O)(=O)c2cccc(Cl)c2Cl)CC1)NC1CC1. The number of nitrogens with zero attached hydrogens (tertiary/aromatic N) is 2. The summed E-state index contributed by atoms with van der Waals surface area (Å²) in [4.78, 5) is 13.8. The molecule has 0 spiro atoms. The molecule has 2 fully saturated rings. The largest absolute Gasteiger partial charge is 0.352 e. The average Bonchev–Trinajstić information content (AvgIpc) is 3.34. The molecule has 0 atom stereocenters. The molecule has 9 heteroatoms. The summed E-state index contributed by atoms with van der Waals surface area (Å²) in [5.74, 6) is 0.00620. The van der Waals surface area contributed by atoms with Crippen LogP contribution in [0, 0.1) is 0 Å². The first-order chi connectivity index (χ1) is 11.4. The Morgan fingerprint density at radius 2 is 1.83 bits per heavy atom. The van der Waals surface area contributed by atoms with Crippen molar-refractivity contribution in [3.63, 3.8) is 0 Å². The fourth-order valence-electron chi connectivity index (χ4n) is 2.65. The Kier molecular flexibility index (Phi) is 5.36. The van der Waals surface area contributed by atoms with E-state index >= 15 is 0 Å². The topological polar surface area (TPSA) is 69.7 Å². The van der Waals surface area contributed by atoms with Gasteiger partial charge in [-0.3, -0.25) is 9.69 Å². The van der Waals surface area contributed by atoms with E-state index in [0.29, 0.717) is 38.8 Å². The first-order valence-electron chi connectivity index (χ1n) is 7.84. The van der Waals surface area contributed by atoms with Crippen LogP contribution in [0.3, 0.4) is 0 Å². The first kappa shape index (κ1) is 17.9. The quantitative estimate of drug-likeness (QED) is 0.826. The number of hydrogen-bond donors (Lipinski definition) is 1. The monoisotopic (exact) mass is 391 g/mol. The summed E-state index contributed by atoms with van der Waals surface area (Å²) in [7, 11) is -3.69. The van der Waals surface area contributed by atoms with E-state index in [4.69, 9.17) is 23.2 Å². The van der Waals surface area contributed by atoms with Crippen LogP contribution in [0.15, 0.2) is 23.1 Å². The maximum Gasteiger partial charge on any atom is 0.244 e. The second kappa shape index (κ2) is 7.17. The van der Waals surface area contributed by atoms with Crippen LogP contribution in [0.1, 0.15) is 12.8 Å². The van der Waals surface area contributed by atoms with Crippen LogP contribution >= 0.6 is 23.2 Å². The van der Waals surface area contributed by atoms with E-state index < -0.39 is 10.0 Å². The molecule has 132 valence electrons. The predicted octanol–water partition coefficient (Wildman–Crippen LogP) is 1.58. The third kappa shape index (κ3) is 4.03. The smallest absolute Gasteiger partial charge is 0.244 e. The normalized spacial score (nSPS) is 20.1. The zero-order valence-electron chi connectivity index (χ0n) is 13.0. The van der Waals surface area contributed by atoms with Gasteiger partial charge in [0.1, 0.15) is 4.90 Å². The minimum Gasteiger partial charge on any atom is -0.352 e. The molecule has 6 nitrogen and oxygen atoms in total. The maximum atomic E-state index is 12.7. The highest BCUT2D eigenvalue weighted by molar-refractivity contribution is 7.89. The molecule has 1 aliphatic carbocycles. The van der Waals surface area contributed by atoms with Crippen LogP contribution in [0.25, 0.3) is 0 Å². The highest BCUT2D eigenvalue weighted by Crippen LogP contribution is 2.31. The summed E-state index contributed by atoms with van der Waals surface area (Å²) in [6.45, 7) is 1.97. The van der Waals surface area contributed by atoms with E-state index in [2.05, 4.69) is 5.32 Å². The number of benzene rings is 1. The van der Waals surface area contributed by atoms with Crippen LogP contribution in [0.4, 0.5) is 0 Å². The number of nitrogens with one attached hydrogen (secondary N) is 1. The summed E-state index contributed by atoms with van der Waals surface area (Å²) in [6.07, 6.45) is 2.11. The Morgan fingerprint density at radius 3 is 2.46 bits per heavy atom. The van der Waals surface area contributed by atoms with Gasteiger partial charge < -0.3 is 5.32 Å². The number of halogens is 2. The van der Waals surface area contributed by atoms with Crippen LogP contribution in [0.2, 0.25) is 10.0 Å². The Labute approximate surface area is 151 Å². The van der Waals surface area contributed by atoms with Gasteiger partial charge in [0.2, 0.25) is 15.9 Å². The third-order valence-corrected chi connectivity index (χ3v) is 7.05. The van der Waals surface area contributed by atoms with Crippen LogP contribution in [-0.4, -0.2) is 62.3 Å². The Hall–Kier alpha value is -0.860. The lowest BCUT2D eigenvalue weighted by atomic mass is 10.3. The second-order valence-corrected chi connectivity index (χ2v) is 8.77. The van der Waals surface area contributed by atoms with E-state index in [9.17, 15) is 13.2 Å². The van der Waals surface area contributed by atoms with Gasteiger partial charge in [-0.25, -0.2) is 8.42 Å². The molecule has 0 radical (unpaired) electrons. The van der Waals surface area contributed by atoms with E-state index in [0.717, 1.165) is 12.8 Å². The van der Waals surface area contributed by atoms with Crippen molar-refractivity contribution in [2.24, 2.45) is 0 Å². The highest BCUT2D eigenvalue weighted by Gasteiger charge is 2.31. The van der Waals surface area contributed by atoms with Crippen molar-refractivity contribution >= 4 is 39.1 Å². The molecule has 1 N–H and O–H groups in total. The minimum atomic E-state index is -3.69. The molecule has 3 rings (SSSR count). The number of rotatable bonds is 5. The van der Waals surface area contributed by atoms with E-state index in [1.165, 1.54) is 10.4 Å². The minimum absolute atomic E-state index is 0.00620. The molecule has 0 unspecified atom stereocenters. The average molecular weight is 392 g/mol. The van der Waals surface area contributed by atoms with Crippen molar-refractivity contribution in [2.75, 3.05) is 32.7 Å². The van der Waals surface area contributed by atoms with Gasteiger partial charge in [0, 0.05) is 32.2 Å². The molecule has 1 aliphatic heterocycles. The van der Waals surface area contributed by atoms with E-state index in [1.807, 2.05) is 4.90 Å². The lowest BCUT2D eigenvalue weighted by Gasteiger charge is -2.33. The van der Waals surface area contributed by atoms with Gasteiger partial charge in [-0.15, -0.1) is 0 Å². The molecular formula is C15H19Cl2N3O3S. The van der Waals surface area contributed by atoms with E-state index in [1.54, 1.807) is 12.1 Å².